The molecule has 4 heterocycles. The van der Waals surface area contributed by atoms with Crippen LogP contribution in [0.3, 0.4) is 0 Å². The lowest BCUT2D eigenvalue weighted by Crippen LogP contribution is -2.42. The maximum Gasteiger partial charge on any atom is 0.405 e. The quantitative estimate of drug-likeness (QED) is 0.396. The van der Waals surface area contributed by atoms with Gasteiger partial charge in [0.2, 0.25) is 0 Å². The Morgan fingerprint density at radius 1 is 1.13 bits per heavy atom. The molecule has 1 aliphatic rings. The van der Waals surface area contributed by atoms with Gasteiger partial charge in [0.1, 0.15) is 5.52 Å². The molecule has 1 aromatic carbocycles. The molecule has 2 N–H and O–H groups in total. The van der Waals surface area contributed by atoms with E-state index in [0.717, 1.165) is 59.8 Å². The molecule has 1 amide bonds. The van der Waals surface area contributed by atoms with Gasteiger partial charge in [0.05, 0.1) is 47.3 Å². The summed E-state index contributed by atoms with van der Waals surface area (Å²) in [5, 5.41) is 20.8. The van der Waals surface area contributed by atoms with Gasteiger partial charge in [-0.25, -0.2) is 14.8 Å². The van der Waals surface area contributed by atoms with Gasteiger partial charge in [0.15, 0.2) is 5.82 Å². The Bertz CT molecular complexity index is 1480. The minimum atomic E-state index is -1.10. The molecule has 1 fully saturated rings. The third-order valence-electron chi connectivity index (χ3n) is 7.18. The molecule has 0 saturated carbocycles. The number of nitriles is 1. The molecule has 3 aromatic heterocycles. The molecule has 0 radical (unpaired) electrons. The van der Waals surface area contributed by atoms with Gasteiger partial charge in [-0.1, -0.05) is 12.1 Å². The molecule has 1 saturated heterocycles. The summed E-state index contributed by atoms with van der Waals surface area (Å²) in [5.41, 5.74) is 5.39. The predicted molar refractivity (Wildman–Crippen MR) is 145 cm³/mol. The maximum absolute atomic E-state index is 11.1. The number of pyridine rings is 1. The van der Waals surface area contributed by atoms with Crippen LogP contribution in [0.2, 0.25) is 0 Å². The number of amides is 1. The smallest absolute Gasteiger partial charge is 0.405 e. The minimum absolute atomic E-state index is 0.446. The first-order valence-corrected chi connectivity index (χ1v) is 12.6. The first-order valence-electron chi connectivity index (χ1n) is 12.6. The van der Waals surface area contributed by atoms with Crippen LogP contribution in [0.1, 0.15) is 37.1 Å². The Hall–Kier alpha value is -4.49. The number of rotatable bonds is 6. The van der Waals surface area contributed by atoms with Gasteiger partial charge in [-0.2, -0.15) is 5.26 Å². The van der Waals surface area contributed by atoms with Crippen LogP contribution in [-0.4, -0.2) is 68.7 Å². The summed E-state index contributed by atoms with van der Waals surface area (Å²) in [4.78, 5) is 29.9. The second kappa shape index (κ2) is 10.5. The summed E-state index contributed by atoms with van der Waals surface area (Å²) in [6.45, 7) is 3.54. The number of carbonyl (C=O) groups is 1. The van der Waals surface area contributed by atoms with Crippen molar-refractivity contribution in [2.75, 3.05) is 32.1 Å². The molecule has 194 valence electrons. The lowest BCUT2D eigenvalue weighted by atomic mass is 10.0. The summed E-state index contributed by atoms with van der Waals surface area (Å²) in [6.07, 6.45) is 6.38. The third-order valence-corrected chi connectivity index (χ3v) is 7.18. The highest BCUT2D eigenvalue weighted by atomic mass is 16.4. The second-order valence-corrected chi connectivity index (χ2v) is 9.80. The normalized spacial score (nSPS) is 15.0. The largest absolute Gasteiger partial charge is 0.465 e. The zero-order valence-corrected chi connectivity index (χ0v) is 21.7. The van der Waals surface area contributed by atoms with Crippen LogP contribution >= 0.6 is 0 Å². The number of imidazole rings is 1. The third kappa shape index (κ3) is 4.88. The van der Waals surface area contributed by atoms with E-state index in [1.165, 1.54) is 0 Å². The summed E-state index contributed by atoms with van der Waals surface area (Å²) < 4.78 is 2.05. The first kappa shape index (κ1) is 25.2. The highest BCUT2D eigenvalue weighted by Crippen LogP contribution is 2.36. The van der Waals surface area contributed by atoms with Crippen molar-refractivity contribution >= 4 is 17.4 Å². The lowest BCUT2D eigenvalue weighted by molar-refractivity contribution is 0.190. The van der Waals surface area contributed by atoms with E-state index in [1.807, 2.05) is 34.9 Å². The van der Waals surface area contributed by atoms with Crippen molar-refractivity contribution in [3.8, 4) is 28.6 Å². The number of fused-ring (bicyclic) bond motifs is 1. The molecule has 1 aliphatic heterocycles. The van der Waals surface area contributed by atoms with Gasteiger partial charge in [0, 0.05) is 36.5 Å². The van der Waals surface area contributed by atoms with Gasteiger partial charge in [-0.3, -0.25) is 9.38 Å². The zero-order chi connectivity index (χ0) is 26.8. The average Bonchev–Trinajstić information content (AvgIpc) is 3.42. The molecule has 38 heavy (non-hydrogen) atoms. The Balaban J connectivity index is 1.63. The van der Waals surface area contributed by atoms with E-state index in [-0.39, 0.29) is 0 Å². The predicted octanol–water partition coefficient (Wildman–Crippen LogP) is 4.19. The first-order chi connectivity index (χ1) is 18.4. The van der Waals surface area contributed by atoms with Crippen molar-refractivity contribution in [2.24, 2.45) is 0 Å². The number of nitrogens with zero attached hydrogens (tertiary/aromatic N) is 7. The molecule has 0 spiro atoms. The van der Waals surface area contributed by atoms with Crippen LogP contribution in [0.25, 0.3) is 28.0 Å². The Morgan fingerprint density at radius 2 is 1.84 bits per heavy atom. The number of hydrogen-bond acceptors (Lipinski definition) is 7. The van der Waals surface area contributed by atoms with Crippen LogP contribution in [0.5, 0.6) is 0 Å². The van der Waals surface area contributed by atoms with E-state index in [0.29, 0.717) is 17.3 Å². The molecule has 1 unspecified atom stereocenters. The Labute approximate surface area is 221 Å². The molecule has 5 rings (SSSR count). The van der Waals surface area contributed by atoms with E-state index in [1.54, 1.807) is 31.6 Å². The molecular formula is C28H30N8O2. The van der Waals surface area contributed by atoms with Gasteiger partial charge < -0.3 is 20.2 Å². The number of anilines is 1. The van der Waals surface area contributed by atoms with Crippen molar-refractivity contribution < 1.29 is 9.90 Å². The van der Waals surface area contributed by atoms with Crippen molar-refractivity contribution in [1.29, 1.82) is 5.26 Å². The average molecular weight is 511 g/mol. The van der Waals surface area contributed by atoms with E-state index in [4.69, 9.17) is 10.1 Å². The van der Waals surface area contributed by atoms with Crippen molar-refractivity contribution in [3.05, 3.63) is 66.4 Å². The zero-order valence-electron chi connectivity index (χ0n) is 21.7. The van der Waals surface area contributed by atoms with Crippen LogP contribution < -0.4 is 10.2 Å². The molecule has 10 heteroatoms. The number of nitrogens with one attached hydrogen (secondary N) is 1. The maximum atomic E-state index is 11.1. The number of aromatic nitrogens is 4. The standard InChI is InChI=1S/C28H30N8O2/c1-18(32-28(37)38)23-9-8-21(15-31-23)26-25(20-6-4-19(14-29)5-7-20)33-27(24-16-30-17-36(24)26)35-12-10-22(11-13-35)34(2)3/h4-9,15-18,22,32H,10-13H2,1-3H3,(H,37,38). The van der Waals surface area contributed by atoms with Crippen LogP contribution in [0.4, 0.5) is 10.6 Å². The fourth-order valence-electron chi connectivity index (χ4n) is 5.04. The van der Waals surface area contributed by atoms with Gasteiger partial charge >= 0.3 is 6.09 Å². The van der Waals surface area contributed by atoms with Gasteiger partial charge in [0.25, 0.3) is 0 Å². The molecule has 0 aliphatic carbocycles. The van der Waals surface area contributed by atoms with Gasteiger partial charge in [-0.15, -0.1) is 0 Å². The number of carboxylic acid groups (broad SMARTS) is 1. The van der Waals surface area contributed by atoms with Gasteiger partial charge in [-0.05, 0) is 58.1 Å². The monoisotopic (exact) mass is 510 g/mol. The molecular weight excluding hydrogens is 480 g/mol. The highest BCUT2D eigenvalue weighted by molar-refractivity contribution is 5.85. The van der Waals surface area contributed by atoms with E-state index in [9.17, 15) is 10.1 Å². The Kier molecular flexibility index (Phi) is 6.94. The fraction of sp³-hybridized carbons (Fsp3) is 0.321. The van der Waals surface area contributed by atoms with Crippen molar-refractivity contribution in [1.82, 2.24) is 29.6 Å². The van der Waals surface area contributed by atoms with Crippen molar-refractivity contribution in [2.45, 2.75) is 31.8 Å². The van der Waals surface area contributed by atoms with E-state index < -0.39 is 12.1 Å². The summed E-state index contributed by atoms with van der Waals surface area (Å²) in [6, 6.07) is 13.4. The van der Waals surface area contributed by atoms with Crippen molar-refractivity contribution in [3.63, 3.8) is 0 Å². The lowest BCUT2D eigenvalue weighted by Gasteiger charge is -2.36. The summed E-state index contributed by atoms with van der Waals surface area (Å²) in [5.74, 6) is 0.881. The molecule has 4 aromatic rings. The van der Waals surface area contributed by atoms with E-state index >= 15 is 0 Å². The molecule has 0 bridgehead atoms. The van der Waals surface area contributed by atoms with E-state index in [2.05, 4.69) is 45.2 Å². The summed E-state index contributed by atoms with van der Waals surface area (Å²) in [7, 11) is 4.26. The molecule has 1 atom stereocenters. The van der Waals surface area contributed by atoms with Crippen LogP contribution in [0.15, 0.2) is 55.1 Å². The van der Waals surface area contributed by atoms with Crippen LogP contribution in [0, 0.1) is 11.3 Å². The minimum Gasteiger partial charge on any atom is -0.465 e. The topological polar surface area (TPSA) is 123 Å². The SMILES string of the molecule is CC(NC(=O)O)c1ccc(-c2c(-c3ccc(C#N)cc3)nc(N3CCC(N(C)C)CC3)c3cncn23)cn1. The number of hydrogen-bond donors (Lipinski definition) is 2. The summed E-state index contributed by atoms with van der Waals surface area (Å²) >= 11 is 0. The number of piperidine rings is 1. The number of benzene rings is 1. The second-order valence-electron chi connectivity index (χ2n) is 9.80. The highest BCUT2D eigenvalue weighted by Gasteiger charge is 2.26. The molecule has 10 nitrogen and oxygen atoms in total. The fourth-order valence-corrected chi connectivity index (χ4v) is 5.04. The Morgan fingerprint density at radius 3 is 2.45 bits per heavy atom. The van der Waals surface area contributed by atoms with Crippen LogP contribution in [-0.2, 0) is 0 Å².